The molecule has 0 spiro atoms. The van der Waals surface area contributed by atoms with Crippen molar-refractivity contribution in [3.8, 4) is 6.07 Å². The standard InChI is InChI=1S/C16H19N3O4/c1-3-19(4-2)15(21)11-23-16(22)12-5-7-13(8-6-12)18-14(20)9-10-17/h5-8H,3-4,9,11H2,1-2H3,(H,18,20). The van der Waals surface area contributed by atoms with Gasteiger partial charge in [0, 0.05) is 18.8 Å². The highest BCUT2D eigenvalue weighted by Crippen LogP contribution is 2.11. The highest BCUT2D eigenvalue weighted by atomic mass is 16.5. The van der Waals surface area contributed by atoms with E-state index in [-0.39, 0.29) is 24.5 Å². The van der Waals surface area contributed by atoms with Crippen molar-refractivity contribution in [2.45, 2.75) is 20.3 Å². The minimum Gasteiger partial charge on any atom is -0.452 e. The molecule has 0 aliphatic heterocycles. The Morgan fingerprint density at radius 3 is 2.30 bits per heavy atom. The van der Waals surface area contributed by atoms with Gasteiger partial charge in [-0.15, -0.1) is 0 Å². The van der Waals surface area contributed by atoms with Gasteiger partial charge in [0.05, 0.1) is 11.6 Å². The molecule has 0 bridgehead atoms. The largest absolute Gasteiger partial charge is 0.452 e. The van der Waals surface area contributed by atoms with Crippen LogP contribution in [0.15, 0.2) is 24.3 Å². The second-order valence-corrected chi connectivity index (χ2v) is 4.60. The van der Waals surface area contributed by atoms with E-state index in [0.29, 0.717) is 18.8 Å². The van der Waals surface area contributed by atoms with E-state index in [2.05, 4.69) is 5.32 Å². The zero-order valence-corrected chi connectivity index (χ0v) is 13.2. The molecule has 0 saturated heterocycles. The van der Waals surface area contributed by atoms with E-state index in [4.69, 9.17) is 10.00 Å². The summed E-state index contributed by atoms with van der Waals surface area (Å²) in [7, 11) is 0. The summed E-state index contributed by atoms with van der Waals surface area (Å²) in [5.41, 5.74) is 0.747. The van der Waals surface area contributed by atoms with Gasteiger partial charge in [-0.25, -0.2) is 4.79 Å². The number of hydrogen-bond acceptors (Lipinski definition) is 5. The summed E-state index contributed by atoms with van der Waals surface area (Å²) in [6, 6.07) is 7.75. The number of esters is 1. The Kier molecular flexibility index (Phi) is 7.27. The third-order valence-corrected chi connectivity index (χ3v) is 3.09. The molecule has 0 aliphatic rings. The summed E-state index contributed by atoms with van der Waals surface area (Å²) >= 11 is 0. The third kappa shape index (κ3) is 5.79. The molecule has 0 unspecified atom stereocenters. The van der Waals surface area contributed by atoms with Crippen LogP contribution in [-0.4, -0.2) is 42.4 Å². The van der Waals surface area contributed by atoms with Crippen LogP contribution in [0.4, 0.5) is 5.69 Å². The van der Waals surface area contributed by atoms with Crippen LogP contribution in [0.25, 0.3) is 0 Å². The van der Waals surface area contributed by atoms with Gasteiger partial charge in [0.1, 0.15) is 6.42 Å². The van der Waals surface area contributed by atoms with Gasteiger partial charge in [0.15, 0.2) is 6.61 Å². The summed E-state index contributed by atoms with van der Waals surface area (Å²) in [5, 5.41) is 10.9. The van der Waals surface area contributed by atoms with E-state index in [1.165, 1.54) is 24.3 Å². The topological polar surface area (TPSA) is 99.5 Å². The predicted molar refractivity (Wildman–Crippen MR) is 83.5 cm³/mol. The summed E-state index contributed by atoms with van der Waals surface area (Å²) in [4.78, 5) is 36.4. The van der Waals surface area contributed by atoms with Gasteiger partial charge >= 0.3 is 5.97 Å². The first kappa shape index (κ1) is 18.2. The van der Waals surface area contributed by atoms with Crippen LogP contribution in [-0.2, 0) is 14.3 Å². The number of nitrogens with zero attached hydrogens (tertiary/aromatic N) is 2. The zero-order valence-electron chi connectivity index (χ0n) is 13.2. The smallest absolute Gasteiger partial charge is 0.338 e. The van der Waals surface area contributed by atoms with E-state index < -0.39 is 11.9 Å². The molecule has 0 saturated carbocycles. The molecule has 1 N–H and O–H groups in total. The number of hydrogen-bond donors (Lipinski definition) is 1. The highest BCUT2D eigenvalue weighted by Gasteiger charge is 2.14. The van der Waals surface area contributed by atoms with E-state index in [9.17, 15) is 14.4 Å². The fourth-order valence-corrected chi connectivity index (χ4v) is 1.84. The highest BCUT2D eigenvalue weighted by molar-refractivity contribution is 5.94. The van der Waals surface area contributed by atoms with Gasteiger partial charge in [0.25, 0.3) is 5.91 Å². The number of nitriles is 1. The van der Waals surface area contributed by atoms with Crippen LogP contribution in [0, 0.1) is 11.3 Å². The van der Waals surface area contributed by atoms with Crippen molar-refractivity contribution in [3.05, 3.63) is 29.8 Å². The lowest BCUT2D eigenvalue weighted by Gasteiger charge is -2.18. The maximum Gasteiger partial charge on any atom is 0.338 e. The number of amides is 2. The first-order valence-corrected chi connectivity index (χ1v) is 7.23. The molecule has 7 heteroatoms. The van der Waals surface area contributed by atoms with Crippen LogP contribution in [0.3, 0.4) is 0 Å². The first-order valence-electron chi connectivity index (χ1n) is 7.23. The summed E-state index contributed by atoms with van der Waals surface area (Å²) in [6.07, 6.45) is -0.239. The maximum absolute atomic E-state index is 11.9. The monoisotopic (exact) mass is 317 g/mol. The van der Waals surface area contributed by atoms with Gasteiger partial charge in [-0.05, 0) is 38.1 Å². The number of nitrogens with one attached hydrogen (secondary N) is 1. The van der Waals surface area contributed by atoms with E-state index in [1.54, 1.807) is 11.0 Å². The lowest BCUT2D eigenvalue weighted by molar-refractivity contribution is -0.134. The molecule has 0 aliphatic carbocycles. The molecule has 0 atom stereocenters. The number of anilines is 1. The van der Waals surface area contributed by atoms with Crippen molar-refractivity contribution in [1.82, 2.24) is 4.90 Å². The van der Waals surface area contributed by atoms with Gasteiger partial charge in [0.2, 0.25) is 5.91 Å². The Balaban J connectivity index is 2.56. The quantitative estimate of drug-likeness (QED) is 0.769. The van der Waals surface area contributed by atoms with E-state index in [1.807, 2.05) is 13.8 Å². The number of benzene rings is 1. The predicted octanol–water partition coefficient (Wildman–Crippen LogP) is 1.56. The van der Waals surface area contributed by atoms with Crippen LogP contribution < -0.4 is 5.32 Å². The molecule has 122 valence electrons. The number of likely N-dealkylation sites (N-methyl/N-ethyl adjacent to an activating group) is 1. The molecule has 1 aromatic rings. The summed E-state index contributed by atoms with van der Waals surface area (Å²) in [5.74, 6) is -1.28. The molecular weight excluding hydrogens is 298 g/mol. The van der Waals surface area contributed by atoms with Crippen molar-refractivity contribution < 1.29 is 19.1 Å². The lowest BCUT2D eigenvalue weighted by atomic mass is 10.2. The van der Waals surface area contributed by atoms with E-state index >= 15 is 0 Å². The molecule has 0 fully saturated rings. The Labute approximate surface area is 134 Å². The van der Waals surface area contributed by atoms with Gasteiger partial charge in [-0.3, -0.25) is 9.59 Å². The second kappa shape index (κ2) is 9.20. The molecule has 2 amide bonds. The minimum absolute atomic E-state index is 0.239. The van der Waals surface area contributed by atoms with Crippen molar-refractivity contribution in [1.29, 1.82) is 5.26 Å². The van der Waals surface area contributed by atoms with Gasteiger partial charge in [-0.1, -0.05) is 0 Å². The number of rotatable bonds is 7. The van der Waals surface area contributed by atoms with Crippen LogP contribution in [0.2, 0.25) is 0 Å². The van der Waals surface area contributed by atoms with Gasteiger partial charge < -0.3 is 15.0 Å². The van der Waals surface area contributed by atoms with Crippen molar-refractivity contribution in [2.75, 3.05) is 25.0 Å². The number of carbonyl (C=O) groups excluding carboxylic acids is 3. The fraction of sp³-hybridized carbons (Fsp3) is 0.375. The SMILES string of the molecule is CCN(CC)C(=O)COC(=O)c1ccc(NC(=O)CC#N)cc1. The average Bonchev–Trinajstić information content (AvgIpc) is 2.54. The Morgan fingerprint density at radius 1 is 1.17 bits per heavy atom. The average molecular weight is 317 g/mol. The molecule has 0 aromatic heterocycles. The number of ether oxygens (including phenoxy) is 1. The minimum atomic E-state index is -0.611. The Hall–Kier alpha value is -2.88. The normalized spacial score (nSPS) is 9.61. The molecule has 7 nitrogen and oxygen atoms in total. The molecule has 0 heterocycles. The van der Waals surface area contributed by atoms with Gasteiger partial charge in [-0.2, -0.15) is 5.26 Å². The molecule has 1 aromatic carbocycles. The molecule has 1 rings (SSSR count). The van der Waals surface area contributed by atoms with Crippen LogP contribution >= 0.6 is 0 Å². The fourth-order valence-electron chi connectivity index (χ4n) is 1.84. The summed E-state index contributed by atoms with van der Waals surface area (Å²) in [6.45, 7) is 4.51. The summed E-state index contributed by atoms with van der Waals surface area (Å²) < 4.78 is 4.97. The van der Waals surface area contributed by atoms with Crippen molar-refractivity contribution in [3.63, 3.8) is 0 Å². The Bertz CT molecular complexity index is 601. The molecule has 0 radical (unpaired) electrons. The van der Waals surface area contributed by atoms with Crippen molar-refractivity contribution >= 4 is 23.5 Å². The van der Waals surface area contributed by atoms with E-state index in [0.717, 1.165) is 0 Å². The van der Waals surface area contributed by atoms with Crippen LogP contribution in [0.5, 0.6) is 0 Å². The molecule has 23 heavy (non-hydrogen) atoms. The Morgan fingerprint density at radius 2 is 1.78 bits per heavy atom. The lowest BCUT2D eigenvalue weighted by Crippen LogP contribution is -2.34. The third-order valence-electron chi connectivity index (χ3n) is 3.09. The number of carbonyl (C=O) groups is 3. The maximum atomic E-state index is 11.9. The first-order chi connectivity index (χ1) is 11.0. The van der Waals surface area contributed by atoms with Crippen molar-refractivity contribution in [2.24, 2.45) is 0 Å². The second-order valence-electron chi connectivity index (χ2n) is 4.60. The van der Waals surface area contributed by atoms with Crippen LogP contribution in [0.1, 0.15) is 30.6 Å². The molecular formula is C16H19N3O4. The zero-order chi connectivity index (χ0) is 17.2.